The number of thiazole rings is 1. The summed E-state index contributed by atoms with van der Waals surface area (Å²) in [4.78, 5) is 33.3. The highest BCUT2D eigenvalue weighted by Crippen LogP contribution is 2.38. The van der Waals surface area contributed by atoms with Crippen LogP contribution < -0.4 is 24.4 Å². The molecule has 0 amide bonds. The lowest BCUT2D eigenvalue weighted by molar-refractivity contribution is -0.139. The minimum Gasteiger partial charge on any atom is -0.493 e. The topological polar surface area (TPSA) is 79.1 Å². The van der Waals surface area contributed by atoms with E-state index in [0.29, 0.717) is 47.7 Å². The van der Waals surface area contributed by atoms with Crippen LogP contribution in [-0.4, -0.2) is 30.5 Å². The molecule has 4 aromatic rings. The molecule has 0 aliphatic carbocycles. The quantitative estimate of drug-likeness (QED) is 0.159. The summed E-state index contributed by atoms with van der Waals surface area (Å²) in [6, 6.07) is 17.0. The normalized spacial score (nSPS) is 14.7. The average molecular weight is 684 g/mol. The number of hydrogen-bond donors (Lipinski definition) is 0. The Morgan fingerprint density at radius 3 is 2.60 bits per heavy atom. The summed E-state index contributed by atoms with van der Waals surface area (Å²) in [5.41, 5.74) is 2.42. The average Bonchev–Trinajstić information content (AvgIpc) is 3.30. The van der Waals surface area contributed by atoms with Crippen molar-refractivity contribution >= 4 is 51.1 Å². The maximum Gasteiger partial charge on any atom is 0.338 e. The number of ether oxygens (including phenoxy) is 3. The monoisotopic (exact) mass is 682 g/mol. The second kappa shape index (κ2) is 13.3. The number of thioether (sulfide) groups is 1. The van der Waals surface area contributed by atoms with Gasteiger partial charge in [-0.2, -0.15) is 0 Å². The number of aromatic nitrogens is 1. The van der Waals surface area contributed by atoms with Crippen molar-refractivity contribution in [3.8, 4) is 11.5 Å². The van der Waals surface area contributed by atoms with Gasteiger partial charge in [0.2, 0.25) is 0 Å². The first kappa shape index (κ1) is 30.8. The number of carbonyl (C=O) groups excluding carboxylic acids is 1. The molecule has 222 valence electrons. The van der Waals surface area contributed by atoms with E-state index in [0.717, 1.165) is 10.5 Å². The lowest BCUT2D eigenvalue weighted by Crippen LogP contribution is -2.39. The smallest absolute Gasteiger partial charge is 0.338 e. The van der Waals surface area contributed by atoms with Crippen molar-refractivity contribution < 1.29 is 23.4 Å². The Morgan fingerprint density at radius 2 is 1.93 bits per heavy atom. The molecule has 3 aromatic carbocycles. The van der Waals surface area contributed by atoms with Gasteiger partial charge in [0, 0.05) is 10.5 Å². The van der Waals surface area contributed by atoms with Gasteiger partial charge in [-0.15, -0.1) is 11.8 Å². The number of fused-ring (bicyclic) bond motifs is 1. The molecule has 43 heavy (non-hydrogen) atoms. The number of esters is 1. The molecule has 1 aliphatic rings. The van der Waals surface area contributed by atoms with Crippen LogP contribution in [0.15, 0.2) is 91.1 Å². The predicted octanol–water partition coefficient (Wildman–Crippen LogP) is 6.01. The summed E-state index contributed by atoms with van der Waals surface area (Å²) in [7, 11) is 1.51. The van der Waals surface area contributed by atoms with E-state index in [4.69, 9.17) is 14.2 Å². The zero-order valence-electron chi connectivity index (χ0n) is 23.9. The van der Waals surface area contributed by atoms with Crippen LogP contribution in [0, 0.1) is 5.82 Å². The van der Waals surface area contributed by atoms with Crippen LogP contribution in [0.4, 0.5) is 4.39 Å². The van der Waals surface area contributed by atoms with Gasteiger partial charge in [0.15, 0.2) is 16.3 Å². The van der Waals surface area contributed by atoms with E-state index >= 15 is 0 Å². The molecule has 0 radical (unpaired) electrons. The molecule has 1 aromatic heterocycles. The summed E-state index contributed by atoms with van der Waals surface area (Å²) in [6.45, 7) is 3.72. The van der Waals surface area contributed by atoms with Crippen molar-refractivity contribution in [1.29, 1.82) is 0 Å². The Hall–Kier alpha value is -3.67. The molecule has 1 atom stereocenters. The molecule has 1 aliphatic heterocycles. The SMILES string of the molecule is CCOC(=O)C1=C(C)N=c2s/c(=C\c3cc(Br)c(OCc4ccccc4F)c(OC)c3)c(=O)n2[C@@H]1c1ccc(SC)cc1. The van der Waals surface area contributed by atoms with Gasteiger partial charge >= 0.3 is 5.97 Å². The van der Waals surface area contributed by atoms with Crippen LogP contribution in [0.5, 0.6) is 11.5 Å². The second-order valence-electron chi connectivity index (χ2n) is 9.49. The minimum atomic E-state index is -0.691. The maximum absolute atomic E-state index is 14.1. The fourth-order valence-electron chi connectivity index (χ4n) is 4.77. The highest BCUT2D eigenvalue weighted by atomic mass is 79.9. The molecule has 0 saturated heterocycles. The molecule has 5 rings (SSSR count). The number of rotatable bonds is 9. The van der Waals surface area contributed by atoms with Gasteiger partial charge in [0.05, 0.1) is 40.0 Å². The van der Waals surface area contributed by atoms with Crippen LogP contribution in [0.1, 0.15) is 36.6 Å². The van der Waals surface area contributed by atoms with Crippen molar-refractivity contribution in [3.63, 3.8) is 0 Å². The standard InChI is InChI=1S/C32H28BrFN2O5S2/c1-5-40-31(38)27-18(2)35-32-36(28(27)20-10-12-22(42-4)13-11-20)30(37)26(43-32)16-19-14-23(33)29(25(15-19)39-3)41-17-21-8-6-7-9-24(21)34/h6-16,28H,5,17H2,1-4H3/b26-16-/t28-/m1/s1. The van der Waals surface area contributed by atoms with Crippen LogP contribution in [0.25, 0.3) is 6.08 Å². The predicted molar refractivity (Wildman–Crippen MR) is 170 cm³/mol. The van der Waals surface area contributed by atoms with E-state index < -0.39 is 12.0 Å². The molecule has 7 nitrogen and oxygen atoms in total. The van der Waals surface area contributed by atoms with Crippen LogP contribution in [-0.2, 0) is 16.1 Å². The fraction of sp³-hybridized carbons (Fsp3) is 0.219. The molecule has 0 spiro atoms. The van der Waals surface area contributed by atoms with E-state index in [-0.39, 0.29) is 24.6 Å². The third kappa shape index (κ3) is 6.34. The lowest BCUT2D eigenvalue weighted by atomic mass is 9.96. The number of nitrogens with zero attached hydrogens (tertiary/aromatic N) is 2. The molecular weight excluding hydrogens is 655 g/mol. The zero-order valence-corrected chi connectivity index (χ0v) is 27.1. The van der Waals surface area contributed by atoms with Gasteiger partial charge < -0.3 is 14.2 Å². The van der Waals surface area contributed by atoms with Gasteiger partial charge in [-0.3, -0.25) is 9.36 Å². The summed E-state index contributed by atoms with van der Waals surface area (Å²) in [6.07, 6.45) is 3.73. The Morgan fingerprint density at radius 1 is 1.19 bits per heavy atom. The first-order valence-electron chi connectivity index (χ1n) is 13.3. The summed E-state index contributed by atoms with van der Waals surface area (Å²) < 4.78 is 33.6. The molecule has 0 fully saturated rings. The van der Waals surface area contributed by atoms with E-state index in [1.54, 1.807) is 66.6 Å². The Kier molecular flexibility index (Phi) is 9.53. The van der Waals surface area contributed by atoms with Gasteiger partial charge in [-0.25, -0.2) is 14.2 Å². The number of allylic oxidation sites excluding steroid dienone is 1. The molecule has 11 heteroatoms. The summed E-state index contributed by atoms with van der Waals surface area (Å²) in [5, 5.41) is 0. The molecule has 2 heterocycles. The first-order valence-corrected chi connectivity index (χ1v) is 16.2. The van der Waals surface area contributed by atoms with Crippen molar-refractivity contribution in [2.24, 2.45) is 4.99 Å². The number of hydrogen-bond acceptors (Lipinski definition) is 8. The van der Waals surface area contributed by atoms with E-state index in [2.05, 4.69) is 20.9 Å². The number of methoxy groups -OCH3 is 1. The zero-order chi connectivity index (χ0) is 30.7. The fourth-order valence-corrected chi connectivity index (χ4v) is 6.80. The van der Waals surface area contributed by atoms with Crippen LogP contribution in [0.3, 0.4) is 0 Å². The van der Waals surface area contributed by atoms with Gasteiger partial charge in [-0.05, 0) is 83.6 Å². The molecule has 0 saturated carbocycles. The Bertz CT molecular complexity index is 1900. The molecule has 0 unspecified atom stereocenters. The Labute approximate surface area is 264 Å². The summed E-state index contributed by atoms with van der Waals surface area (Å²) >= 11 is 6.38. The third-order valence-corrected chi connectivity index (χ3v) is 9.14. The minimum absolute atomic E-state index is 0.0135. The molecule has 0 N–H and O–H groups in total. The second-order valence-corrected chi connectivity index (χ2v) is 12.2. The van der Waals surface area contributed by atoms with Crippen LogP contribution >= 0.6 is 39.0 Å². The number of benzene rings is 3. The van der Waals surface area contributed by atoms with Gasteiger partial charge in [0.1, 0.15) is 12.4 Å². The van der Waals surface area contributed by atoms with E-state index in [9.17, 15) is 14.0 Å². The lowest BCUT2D eigenvalue weighted by Gasteiger charge is -2.24. The van der Waals surface area contributed by atoms with E-state index in [1.807, 2.05) is 30.5 Å². The Balaban J connectivity index is 1.58. The highest BCUT2D eigenvalue weighted by molar-refractivity contribution is 9.10. The first-order chi connectivity index (χ1) is 20.7. The third-order valence-electron chi connectivity index (χ3n) is 6.83. The van der Waals surface area contributed by atoms with Crippen LogP contribution in [0.2, 0.25) is 0 Å². The summed E-state index contributed by atoms with van der Waals surface area (Å²) in [5.74, 6) is -0.0363. The van der Waals surface area contributed by atoms with Crippen molar-refractivity contribution in [2.75, 3.05) is 20.0 Å². The molecule has 0 bridgehead atoms. The van der Waals surface area contributed by atoms with Gasteiger partial charge in [0.25, 0.3) is 5.56 Å². The van der Waals surface area contributed by atoms with E-state index in [1.165, 1.54) is 24.5 Å². The highest BCUT2D eigenvalue weighted by Gasteiger charge is 2.33. The largest absolute Gasteiger partial charge is 0.493 e. The van der Waals surface area contributed by atoms with Gasteiger partial charge in [-0.1, -0.05) is 41.7 Å². The number of carbonyl (C=O) groups is 1. The number of halogens is 2. The molecular formula is C32H28BrFN2O5S2. The maximum atomic E-state index is 14.1. The van der Waals surface area contributed by atoms with Crippen molar-refractivity contribution in [1.82, 2.24) is 4.57 Å². The van der Waals surface area contributed by atoms with Crippen molar-refractivity contribution in [2.45, 2.75) is 31.4 Å². The van der Waals surface area contributed by atoms with Crippen molar-refractivity contribution in [3.05, 3.63) is 119 Å².